The number of rotatable bonds is 4. The lowest BCUT2D eigenvalue weighted by Crippen LogP contribution is -2.43. The van der Waals surface area contributed by atoms with Crippen LogP contribution in [0.2, 0.25) is 0 Å². The smallest absolute Gasteiger partial charge is 0.293 e. The number of aliphatic hydroxyl groups is 1. The summed E-state index contributed by atoms with van der Waals surface area (Å²) >= 11 is 0. The SMILES string of the molecule is CC1CCN(c2ccc(C(=O)c3ccccc3)cc2[N+](=O)[O-])CC1O. The number of carbonyl (C=O) groups is 1. The molecule has 1 aliphatic rings. The minimum absolute atomic E-state index is 0.108. The maximum Gasteiger partial charge on any atom is 0.293 e. The van der Waals surface area contributed by atoms with Gasteiger partial charge >= 0.3 is 0 Å². The molecule has 130 valence electrons. The van der Waals surface area contributed by atoms with Crippen LogP contribution in [-0.2, 0) is 0 Å². The van der Waals surface area contributed by atoms with E-state index in [4.69, 9.17) is 0 Å². The maximum atomic E-state index is 12.5. The molecule has 6 heteroatoms. The van der Waals surface area contributed by atoms with Crippen LogP contribution < -0.4 is 4.90 Å². The normalized spacial score (nSPS) is 20.3. The van der Waals surface area contributed by atoms with Crippen LogP contribution in [0, 0.1) is 16.0 Å². The third-order valence-electron chi connectivity index (χ3n) is 4.73. The van der Waals surface area contributed by atoms with Gasteiger partial charge in [-0.15, -0.1) is 0 Å². The lowest BCUT2D eigenvalue weighted by Gasteiger charge is -2.35. The number of hydrogen-bond donors (Lipinski definition) is 1. The largest absolute Gasteiger partial charge is 0.391 e. The summed E-state index contributed by atoms with van der Waals surface area (Å²) in [6, 6.07) is 13.2. The number of benzene rings is 2. The zero-order valence-corrected chi connectivity index (χ0v) is 14.0. The van der Waals surface area contributed by atoms with E-state index in [-0.39, 0.29) is 23.0 Å². The molecule has 2 atom stereocenters. The molecule has 0 amide bonds. The van der Waals surface area contributed by atoms with Crippen LogP contribution in [0.3, 0.4) is 0 Å². The van der Waals surface area contributed by atoms with Gasteiger partial charge in [0.1, 0.15) is 5.69 Å². The Bertz CT molecular complexity index is 791. The van der Waals surface area contributed by atoms with Crippen molar-refractivity contribution in [3.8, 4) is 0 Å². The van der Waals surface area contributed by atoms with Crippen molar-refractivity contribution in [3.63, 3.8) is 0 Å². The van der Waals surface area contributed by atoms with Crippen molar-refractivity contribution in [1.82, 2.24) is 0 Å². The first kappa shape index (κ1) is 17.1. The number of piperidine rings is 1. The summed E-state index contributed by atoms with van der Waals surface area (Å²) in [5, 5.41) is 21.6. The Morgan fingerprint density at radius 2 is 1.92 bits per heavy atom. The molecule has 0 aliphatic carbocycles. The summed E-state index contributed by atoms with van der Waals surface area (Å²) in [7, 11) is 0. The van der Waals surface area contributed by atoms with Gasteiger partial charge in [0.25, 0.3) is 5.69 Å². The summed E-state index contributed by atoms with van der Waals surface area (Å²) < 4.78 is 0. The summed E-state index contributed by atoms with van der Waals surface area (Å²) in [6.07, 6.45) is 0.252. The average Bonchev–Trinajstić information content (AvgIpc) is 2.63. The predicted molar refractivity (Wildman–Crippen MR) is 95.0 cm³/mol. The Balaban J connectivity index is 1.94. The predicted octanol–water partition coefficient (Wildman–Crippen LogP) is 3.03. The minimum atomic E-state index is -0.515. The van der Waals surface area contributed by atoms with E-state index in [0.29, 0.717) is 24.3 Å². The van der Waals surface area contributed by atoms with Crippen LogP contribution in [0.1, 0.15) is 29.3 Å². The van der Waals surface area contributed by atoms with E-state index in [1.807, 2.05) is 17.9 Å². The Hall–Kier alpha value is -2.73. The number of nitro benzene ring substituents is 1. The summed E-state index contributed by atoms with van der Waals surface area (Å²) in [6.45, 7) is 2.97. The number of aliphatic hydroxyl groups excluding tert-OH is 1. The first-order chi connectivity index (χ1) is 12.0. The highest BCUT2D eigenvalue weighted by Crippen LogP contribution is 2.33. The third-order valence-corrected chi connectivity index (χ3v) is 4.73. The van der Waals surface area contributed by atoms with Gasteiger partial charge in [-0.3, -0.25) is 14.9 Å². The molecule has 25 heavy (non-hydrogen) atoms. The van der Waals surface area contributed by atoms with Gasteiger partial charge in [0.05, 0.1) is 11.0 Å². The zero-order valence-electron chi connectivity index (χ0n) is 14.0. The Kier molecular flexibility index (Phi) is 4.81. The van der Waals surface area contributed by atoms with E-state index in [2.05, 4.69) is 0 Å². The monoisotopic (exact) mass is 340 g/mol. The van der Waals surface area contributed by atoms with Crippen molar-refractivity contribution in [2.45, 2.75) is 19.4 Å². The van der Waals surface area contributed by atoms with Gasteiger partial charge in [-0.2, -0.15) is 0 Å². The first-order valence-electron chi connectivity index (χ1n) is 8.28. The highest BCUT2D eigenvalue weighted by atomic mass is 16.6. The molecule has 2 aromatic rings. The lowest BCUT2D eigenvalue weighted by atomic mass is 9.95. The minimum Gasteiger partial charge on any atom is -0.391 e. The molecular weight excluding hydrogens is 320 g/mol. The molecular formula is C19H20N2O4. The van der Waals surface area contributed by atoms with E-state index >= 15 is 0 Å². The van der Waals surface area contributed by atoms with Crippen molar-refractivity contribution in [3.05, 3.63) is 69.8 Å². The zero-order chi connectivity index (χ0) is 18.0. The number of carbonyl (C=O) groups excluding carboxylic acids is 1. The molecule has 1 aliphatic heterocycles. The van der Waals surface area contributed by atoms with E-state index in [9.17, 15) is 20.0 Å². The molecule has 0 aromatic heterocycles. The Morgan fingerprint density at radius 1 is 1.20 bits per heavy atom. The molecule has 0 bridgehead atoms. The second-order valence-corrected chi connectivity index (χ2v) is 6.44. The van der Waals surface area contributed by atoms with Crippen molar-refractivity contribution in [1.29, 1.82) is 0 Å². The molecule has 1 fully saturated rings. The second kappa shape index (κ2) is 7.03. The molecule has 3 rings (SSSR count). The quantitative estimate of drug-likeness (QED) is 0.525. The van der Waals surface area contributed by atoms with E-state index in [1.165, 1.54) is 6.07 Å². The Labute approximate surface area is 145 Å². The van der Waals surface area contributed by atoms with Crippen LogP contribution in [0.25, 0.3) is 0 Å². The number of nitrogens with zero attached hydrogens (tertiary/aromatic N) is 2. The van der Waals surface area contributed by atoms with Crippen LogP contribution in [0.4, 0.5) is 11.4 Å². The number of anilines is 1. The van der Waals surface area contributed by atoms with Gasteiger partial charge < -0.3 is 10.0 Å². The van der Waals surface area contributed by atoms with Crippen LogP contribution in [0.15, 0.2) is 48.5 Å². The Morgan fingerprint density at radius 3 is 2.56 bits per heavy atom. The fourth-order valence-electron chi connectivity index (χ4n) is 3.10. The second-order valence-electron chi connectivity index (χ2n) is 6.44. The fourth-order valence-corrected chi connectivity index (χ4v) is 3.10. The van der Waals surface area contributed by atoms with Crippen molar-refractivity contribution in [2.75, 3.05) is 18.0 Å². The highest BCUT2D eigenvalue weighted by Gasteiger charge is 2.29. The summed E-state index contributed by atoms with van der Waals surface area (Å²) in [5.41, 5.74) is 1.11. The molecule has 1 saturated heterocycles. The molecule has 0 saturated carbocycles. The van der Waals surface area contributed by atoms with Crippen LogP contribution >= 0.6 is 0 Å². The van der Waals surface area contributed by atoms with Crippen LogP contribution in [0.5, 0.6) is 0 Å². The van der Waals surface area contributed by atoms with Gasteiger partial charge in [0, 0.05) is 30.3 Å². The number of ketones is 1. The summed E-state index contributed by atoms with van der Waals surface area (Å²) in [5.74, 6) is -0.0724. The molecule has 0 spiro atoms. The lowest BCUT2D eigenvalue weighted by molar-refractivity contribution is -0.384. The molecule has 2 unspecified atom stereocenters. The van der Waals surface area contributed by atoms with Crippen molar-refractivity contribution in [2.24, 2.45) is 5.92 Å². The highest BCUT2D eigenvalue weighted by molar-refractivity contribution is 6.09. The van der Waals surface area contributed by atoms with Gasteiger partial charge in [0.2, 0.25) is 0 Å². The average molecular weight is 340 g/mol. The molecule has 2 aromatic carbocycles. The molecule has 6 nitrogen and oxygen atoms in total. The maximum absolute atomic E-state index is 12.5. The van der Waals surface area contributed by atoms with Crippen molar-refractivity contribution < 1.29 is 14.8 Å². The first-order valence-corrected chi connectivity index (χ1v) is 8.28. The summed E-state index contributed by atoms with van der Waals surface area (Å²) in [4.78, 5) is 25.4. The number of β-amino-alcohol motifs (C(OH)–C–C–N with tert-alkyl or cyclic N) is 1. The van der Waals surface area contributed by atoms with Gasteiger partial charge in [-0.25, -0.2) is 0 Å². The van der Waals surface area contributed by atoms with E-state index in [1.54, 1.807) is 36.4 Å². The van der Waals surface area contributed by atoms with Crippen LogP contribution in [-0.4, -0.2) is 35.0 Å². The van der Waals surface area contributed by atoms with Crippen molar-refractivity contribution >= 4 is 17.2 Å². The molecule has 0 radical (unpaired) electrons. The van der Waals surface area contributed by atoms with Gasteiger partial charge in [-0.05, 0) is 24.5 Å². The van der Waals surface area contributed by atoms with E-state index < -0.39 is 11.0 Å². The van der Waals surface area contributed by atoms with E-state index in [0.717, 1.165) is 6.42 Å². The number of hydrogen-bond acceptors (Lipinski definition) is 5. The number of nitro groups is 1. The topological polar surface area (TPSA) is 83.7 Å². The van der Waals surface area contributed by atoms with Gasteiger partial charge in [0.15, 0.2) is 5.78 Å². The van der Waals surface area contributed by atoms with Gasteiger partial charge in [-0.1, -0.05) is 37.3 Å². The standard InChI is InChI=1S/C19H20N2O4/c1-13-9-10-20(12-18(13)22)16-8-7-15(11-17(16)21(24)25)19(23)14-5-3-2-4-6-14/h2-8,11,13,18,22H,9-10,12H2,1H3. The molecule has 1 N–H and O–H groups in total. The fraction of sp³-hybridized carbons (Fsp3) is 0.316. The molecule has 1 heterocycles. The third kappa shape index (κ3) is 3.53.